The molecule has 2 rings (SSSR count). The van der Waals surface area contributed by atoms with Crippen molar-refractivity contribution < 1.29 is 14.5 Å². The van der Waals surface area contributed by atoms with Crippen molar-refractivity contribution in [2.24, 2.45) is 0 Å². The molecular formula is C14H16N2O4. The molecule has 0 radical (unpaired) electrons. The maximum Gasteiger partial charge on any atom is 0.354 e. The summed E-state index contributed by atoms with van der Waals surface area (Å²) >= 11 is 0. The van der Waals surface area contributed by atoms with Gasteiger partial charge in [-0.2, -0.15) is 0 Å². The van der Waals surface area contributed by atoms with Crippen LogP contribution in [0.15, 0.2) is 24.3 Å². The maximum atomic E-state index is 12.0. The van der Waals surface area contributed by atoms with Crippen LogP contribution in [0, 0.1) is 10.1 Å². The van der Waals surface area contributed by atoms with Crippen molar-refractivity contribution >= 4 is 22.6 Å². The number of ether oxygens (including phenoxy) is 1. The molecular weight excluding hydrogens is 260 g/mol. The average Bonchev–Trinajstić information content (AvgIpc) is 2.77. The van der Waals surface area contributed by atoms with Gasteiger partial charge < -0.3 is 9.30 Å². The number of aromatic nitrogens is 1. The Morgan fingerprint density at radius 3 is 2.70 bits per heavy atom. The average molecular weight is 276 g/mol. The van der Waals surface area contributed by atoms with Gasteiger partial charge in [0.1, 0.15) is 5.69 Å². The molecule has 0 N–H and O–H groups in total. The Bertz CT molecular complexity index is 660. The third kappa shape index (κ3) is 2.49. The van der Waals surface area contributed by atoms with E-state index in [-0.39, 0.29) is 5.69 Å². The molecule has 1 aromatic carbocycles. The Balaban J connectivity index is 2.58. The monoisotopic (exact) mass is 276 g/mol. The highest BCUT2D eigenvalue weighted by Gasteiger charge is 2.18. The van der Waals surface area contributed by atoms with E-state index in [1.807, 2.05) is 11.5 Å². The molecule has 6 heteroatoms. The van der Waals surface area contributed by atoms with Gasteiger partial charge in [-0.05, 0) is 25.5 Å². The third-order valence-electron chi connectivity index (χ3n) is 3.03. The SMILES string of the molecule is CCCn1c(C(=O)OCC)cc2cc([N+](=O)[O-])ccc21. The molecule has 6 nitrogen and oxygen atoms in total. The highest BCUT2D eigenvalue weighted by atomic mass is 16.6. The van der Waals surface area contributed by atoms with Crippen molar-refractivity contribution in [2.75, 3.05) is 6.61 Å². The summed E-state index contributed by atoms with van der Waals surface area (Å²) in [6.45, 7) is 4.71. The lowest BCUT2D eigenvalue weighted by molar-refractivity contribution is -0.384. The fraction of sp³-hybridized carbons (Fsp3) is 0.357. The zero-order valence-corrected chi connectivity index (χ0v) is 11.5. The molecule has 0 saturated carbocycles. The lowest BCUT2D eigenvalue weighted by Gasteiger charge is -2.08. The minimum Gasteiger partial charge on any atom is -0.461 e. The summed E-state index contributed by atoms with van der Waals surface area (Å²) in [4.78, 5) is 22.3. The molecule has 20 heavy (non-hydrogen) atoms. The third-order valence-corrected chi connectivity index (χ3v) is 3.03. The summed E-state index contributed by atoms with van der Waals surface area (Å²) in [5.74, 6) is -0.403. The molecule has 2 aromatic rings. The van der Waals surface area contributed by atoms with Gasteiger partial charge in [-0.3, -0.25) is 10.1 Å². The Kier molecular flexibility index (Phi) is 4.02. The quantitative estimate of drug-likeness (QED) is 0.477. The minimum atomic E-state index is -0.444. The van der Waals surface area contributed by atoms with Gasteiger partial charge in [0, 0.05) is 29.6 Å². The first-order chi connectivity index (χ1) is 9.58. The largest absolute Gasteiger partial charge is 0.461 e. The van der Waals surface area contributed by atoms with Crippen molar-refractivity contribution in [3.8, 4) is 0 Å². The first-order valence-electron chi connectivity index (χ1n) is 6.53. The number of benzene rings is 1. The molecule has 0 saturated heterocycles. The predicted octanol–water partition coefficient (Wildman–Crippen LogP) is 3.14. The van der Waals surface area contributed by atoms with Crippen molar-refractivity contribution in [1.29, 1.82) is 0 Å². The van der Waals surface area contributed by atoms with E-state index >= 15 is 0 Å². The first-order valence-corrected chi connectivity index (χ1v) is 6.53. The van der Waals surface area contributed by atoms with Crippen LogP contribution in [0.4, 0.5) is 5.69 Å². The molecule has 0 aliphatic heterocycles. The molecule has 1 heterocycles. The molecule has 1 aromatic heterocycles. The van der Waals surface area contributed by atoms with Crippen LogP contribution in [-0.2, 0) is 11.3 Å². The van der Waals surface area contributed by atoms with Crippen LogP contribution in [0.1, 0.15) is 30.8 Å². The zero-order valence-electron chi connectivity index (χ0n) is 11.5. The second kappa shape index (κ2) is 5.73. The molecule has 0 spiro atoms. The topological polar surface area (TPSA) is 74.4 Å². The van der Waals surface area contributed by atoms with Crippen LogP contribution in [0.2, 0.25) is 0 Å². The van der Waals surface area contributed by atoms with Crippen LogP contribution < -0.4 is 0 Å². The fourth-order valence-electron chi connectivity index (χ4n) is 2.21. The Hall–Kier alpha value is -2.37. The van der Waals surface area contributed by atoms with Crippen LogP contribution in [0.25, 0.3) is 10.9 Å². The van der Waals surface area contributed by atoms with E-state index in [0.717, 1.165) is 11.9 Å². The van der Waals surface area contributed by atoms with Gasteiger partial charge in [-0.25, -0.2) is 4.79 Å². The van der Waals surface area contributed by atoms with Crippen LogP contribution in [0.5, 0.6) is 0 Å². The second-order valence-electron chi connectivity index (χ2n) is 4.40. The van der Waals surface area contributed by atoms with E-state index in [9.17, 15) is 14.9 Å². The number of aryl methyl sites for hydroxylation is 1. The minimum absolute atomic E-state index is 0.0153. The molecule has 0 amide bonds. The molecule has 0 unspecified atom stereocenters. The fourth-order valence-corrected chi connectivity index (χ4v) is 2.21. The van der Waals surface area contributed by atoms with E-state index in [2.05, 4.69) is 0 Å². The molecule has 0 atom stereocenters. The van der Waals surface area contributed by atoms with E-state index in [1.165, 1.54) is 12.1 Å². The smallest absolute Gasteiger partial charge is 0.354 e. The number of carbonyl (C=O) groups is 1. The number of hydrogen-bond acceptors (Lipinski definition) is 4. The van der Waals surface area contributed by atoms with E-state index in [4.69, 9.17) is 4.74 Å². The highest BCUT2D eigenvalue weighted by Crippen LogP contribution is 2.25. The summed E-state index contributed by atoms with van der Waals surface area (Å²) < 4.78 is 6.87. The van der Waals surface area contributed by atoms with Gasteiger partial charge in [-0.15, -0.1) is 0 Å². The summed E-state index contributed by atoms with van der Waals surface area (Å²) in [5, 5.41) is 11.5. The van der Waals surface area contributed by atoms with E-state index in [1.54, 1.807) is 19.1 Å². The number of rotatable bonds is 5. The lowest BCUT2D eigenvalue weighted by atomic mass is 10.2. The zero-order chi connectivity index (χ0) is 14.7. The number of hydrogen-bond donors (Lipinski definition) is 0. The number of esters is 1. The standard InChI is InChI=1S/C14H16N2O4/c1-3-7-15-12-6-5-11(16(18)19)8-10(12)9-13(15)14(17)20-4-2/h5-6,8-9H,3-4,7H2,1-2H3. The Morgan fingerprint density at radius 2 is 2.10 bits per heavy atom. The van der Waals surface area contributed by atoms with Crippen molar-refractivity contribution in [1.82, 2.24) is 4.57 Å². The van der Waals surface area contributed by atoms with Crippen molar-refractivity contribution in [3.05, 3.63) is 40.1 Å². The molecule has 106 valence electrons. The van der Waals surface area contributed by atoms with Crippen LogP contribution >= 0.6 is 0 Å². The van der Waals surface area contributed by atoms with E-state index in [0.29, 0.717) is 24.2 Å². The highest BCUT2D eigenvalue weighted by molar-refractivity contribution is 5.96. The number of fused-ring (bicyclic) bond motifs is 1. The number of nitro benzene ring substituents is 1. The summed E-state index contributed by atoms with van der Waals surface area (Å²) in [6, 6.07) is 6.25. The van der Waals surface area contributed by atoms with Gasteiger partial charge in [0.05, 0.1) is 11.5 Å². The Labute approximate surface area is 116 Å². The first kappa shape index (κ1) is 14.0. The molecule has 0 bridgehead atoms. The van der Waals surface area contributed by atoms with Crippen LogP contribution in [-0.4, -0.2) is 22.1 Å². The second-order valence-corrected chi connectivity index (χ2v) is 4.40. The van der Waals surface area contributed by atoms with Gasteiger partial charge in [0.15, 0.2) is 0 Å². The summed E-state index contributed by atoms with van der Waals surface area (Å²) in [6.07, 6.45) is 0.854. The molecule has 0 aliphatic carbocycles. The normalized spacial score (nSPS) is 10.7. The molecule has 0 fully saturated rings. The van der Waals surface area contributed by atoms with Crippen LogP contribution in [0.3, 0.4) is 0 Å². The Morgan fingerprint density at radius 1 is 1.35 bits per heavy atom. The molecule has 0 aliphatic rings. The number of nitrogens with zero attached hydrogens (tertiary/aromatic N) is 2. The maximum absolute atomic E-state index is 12.0. The van der Waals surface area contributed by atoms with Crippen molar-refractivity contribution in [3.63, 3.8) is 0 Å². The van der Waals surface area contributed by atoms with Gasteiger partial charge in [0.2, 0.25) is 0 Å². The van der Waals surface area contributed by atoms with Gasteiger partial charge in [-0.1, -0.05) is 6.92 Å². The van der Waals surface area contributed by atoms with Crippen molar-refractivity contribution in [2.45, 2.75) is 26.8 Å². The number of carbonyl (C=O) groups excluding carboxylic acids is 1. The van der Waals surface area contributed by atoms with E-state index < -0.39 is 10.9 Å². The summed E-state index contributed by atoms with van der Waals surface area (Å²) in [7, 11) is 0. The number of non-ortho nitro benzene ring substituents is 1. The van der Waals surface area contributed by atoms with Gasteiger partial charge >= 0.3 is 5.97 Å². The summed E-state index contributed by atoms with van der Waals surface area (Å²) in [5.41, 5.74) is 1.26. The van der Waals surface area contributed by atoms with Gasteiger partial charge in [0.25, 0.3) is 5.69 Å². The predicted molar refractivity (Wildman–Crippen MR) is 74.8 cm³/mol. The lowest BCUT2D eigenvalue weighted by Crippen LogP contribution is -2.12. The number of nitro groups is 1.